The summed E-state index contributed by atoms with van der Waals surface area (Å²) in [4.78, 5) is 10.8. The van der Waals surface area contributed by atoms with Crippen molar-refractivity contribution < 1.29 is 14.4 Å². The highest BCUT2D eigenvalue weighted by molar-refractivity contribution is 5.64. The fourth-order valence-corrected chi connectivity index (χ4v) is 2.56. The highest BCUT2D eigenvalue weighted by Gasteiger charge is 2.26. The molecule has 21 heavy (non-hydrogen) atoms. The second-order valence-corrected chi connectivity index (χ2v) is 5.66. The van der Waals surface area contributed by atoms with E-state index in [4.69, 9.17) is 9.47 Å². The minimum Gasteiger partial charge on any atom is -0.496 e. The van der Waals surface area contributed by atoms with Gasteiger partial charge in [0.15, 0.2) is 0 Å². The lowest BCUT2D eigenvalue weighted by atomic mass is 9.95. The number of nitro benzene ring substituents is 1. The molecule has 0 aromatic heterocycles. The molecule has 2 atom stereocenters. The molecule has 1 fully saturated rings. The van der Waals surface area contributed by atoms with E-state index >= 15 is 0 Å². The summed E-state index contributed by atoms with van der Waals surface area (Å²) in [6, 6.07) is 5.07. The van der Waals surface area contributed by atoms with Gasteiger partial charge < -0.3 is 14.8 Å². The zero-order chi connectivity index (χ0) is 15.4. The van der Waals surface area contributed by atoms with E-state index in [0.29, 0.717) is 24.0 Å². The van der Waals surface area contributed by atoms with Gasteiger partial charge in [-0.25, -0.2) is 0 Å². The quantitative estimate of drug-likeness (QED) is 0.666. The number of hydrogen-bond donors (Lipinski definition) is 1. The topological polar surface area (TPSA) is 73.6 Å². The lowest BCUT2D eigenvalue weighted by Gasteiger charge is -2.32. The van der Waals surface area contributed by atoms with Crippen LogP contribution in [0, 0.1) is 16.0 Å². The third-order valence-corrected chi connectivity index (χ3v) is 3.82. The molecule has 6 nitrogen and oxygen atoms in total. The Kier molecular flexibility index (Phi) is 5.01. The molecule has 2 rings (SSSR count). The molecule has 1 heterocycles. The number of anilines is 1. The van der Waals surface area contributed by atoms with Gasteiger partial charge in [-0.1, -0.05) is 13.8 Å². The Balaban J connectivity index is 2.13. The smallest absolute Gasteiger partial charge is 0.296 e. The number of methoxy groups -OCH3 is 1. The Morgan fingerprint density at radius 2 is 2.24 bits per heavy atom. The molecule has 0 spiro atoms. The van der Waals surface area contributed by atoms with Crippen molar-refractivity contribution in [2.75, 3.05) is 19.0 Å². The van der Waals surface area contributed by atoms with E-state index in [1.165, 1.54) is 13.2 Å². The van der Waals surface area contributed by atoms with Crippen LogP contribution in [0.3, 0.4) is 0 Å². The molecule has 2 unspecified atom stereocenters. The predicted octanol–water partition coefficient (Wildman–Crippen LogP) is 3.22. The van der Waals surface area contributed by atoms with Crippen LogP contribution in [0.5, 0.6) is 5.75 Å². The van der Waals surface area contributed by atoms with E-state index in [0.717, 1.165) is 12.8 Å². The molecule has 0 amide bonds. The van der Waals surface area contributed by atoms with Crippen LogP contribution < -0.4 is 10.1 Å². The third-order valence-electron chi connectivity index (χ3n) is 3.82. The Morgan fingerprint density at radius 3 is 2.86 bits per heavy atom. The molecule has 0 aliphatic carbocycles. The van der Waals surface area contributed by atoms with Crippen molar-refractivity contribution in [2.24, 2.45) is 5.92 Å². The van der Waals surface area contributed by atoms with Gasteiger partial charge in [0.05, 0.1) is 24.2 Å². The second kappa shape index (κ2) is 6.76. The molecule has 0 bridgehead atoms. The van der Waals surface area contributed by atoms with Gasteiger partial charge in [-0.3, -0.25) is 10.1 Å². The van der Waals surface area contributed by atoms with Crippen LogP contribution in [0.4, 0.5) is 11.4 Å². The fourth-order valence-electron chi connectivity index (χ4n) is 2.56. The minimum atomic E-state index is -0.385. The molecule has 0 radical (unpaired) electrons. The van der Waals surface area contributed by atoms with Crippen LogP contribution in [-0.2, 0) is 4.74 Å². The Morgan fingerprint density at radius 1 is 1.48 bits per heavy atom. The Bertz CT molecular complexity index is 504. The van der Waals surface area contributed by atoms with Crippen LogP contribution in [0.15, 0.2) is 18.2 Å². The van der Waals surface area contributed by atoms with Gasteiger partial charge in [0.25, 0.3) is 5.69 Å². The van der Waals surface area contributed by atoms with Gasteiger partial charge in [0.1, 0.15) is 11.4 Å². The van der Waals surface area contributed by atoms with Crippen molar-refractivity contribution in [3.05, 3.63) is 28.3 Å². The first kappa shape index (κ1) is 15.6. The third kappa shape index (κ3) is 3.85. The average molecular weight is 294 g/mol. The number of ether oxygens (including phenoxy) is 2. The molecule has 1 saturated heterocycles. The van der Waals surface area contributed by atoms with Gasteiger partial charge in [-0.2, -0.15) is 0 Å². The number of hydrogen-bond acceptors (Lipinski definition) is 5. The van der Waals surface area contributed by atoms with Gasteiger partial charge in [0.2, 0.25) is 0 Å². The van der Waals surface area contributed by atoms with Crippen molar-refractivity contribution in [3.8, 4) is 5.75 Å². The molecule has 1 aromatic rings. The van der Waals surface area contributed by atoms with Crippen LogP contribution in [0.2, 0.25) is 0 Å². The first-order valence-corrected chi connectivity index (χ1v) is 7.21. The zero-order valence-corrected chi connectivity index (χ0v) is 12.7. The van der Waals surface area contributed by atoms with Crippen molar-refractivity contribution >= 4 is 11.4 Å². The van der Waals surface area contributed by atoms with E-state index in [2.05, 4.69) is 19.2 Å². The molecule has 1 N–H and O–H groups in total. The maximum absolute atomic E-state index is 11.2. The summed E-state index contributed by atoms with van der Waals surface area (Å²) < 4.78 is 10.8. The number of nitrogens with one attached hydrogen (secondary N) is 1. The number of benzene rings is 1. The van der Waals surface area contributed by atoms with E-state index in [9.17, 15) is 10.1 Å². The SMILES string of the molecule is COc1ccc(NC2CCOC(C(C)C)C2)c([N+](=O)[O-])c1. The standard InChI is InChI=1S/C15H22N2O4/c1-10(2)15-8-11(6-7-21-15)16-13-5-4-12(20-3)9-14(13)17(18)19/h4-5,9-11,15-16H,6-8H2,1-3H3. The summed E-state index contributed by atoms with van der Waals surface area (Å²) in [5, 5.41) is 14.5. The van der Waals surface area contributed by atoms with Crippen molar-refractivity contribution in [1.29, 1.82) is 0 Å². The van der Waals surface area contributed by atoms with Gasteiger partial charge >= 0.3 is 0 Å². The van der Waals surface area contributed by atoms with Crippen molar-refractivity contribution in [2.45, 2.75) is 38.8 Å². The largest absolute Gasteiger partial charge is 0.496 e. The van der Waals surface area contributed by atoms with Crippen LogP contribution >= 0.6 is 0 Å². The van der Waals surface area contributed by atoms with Gasteiger partial charge in [-0.15, -0.1) is 0 Å². The summed E-state index contributed by atoms with van der Waals surface area (Å²) in [6.45, 7) is 4.94. The normalized spacial score (nSPS) is 22.1. The second-order valence-electron chi connectivity index (χ2n) is 5.66. The summed E-state index contributed by atoms with van der Waals surface area (Å²) in [6.07, 6.45) is 1.92. The number of nitro groups is 1. The molecule has 6 heteroatoms. The monoisotopic (exact) mass is 294 g/mol. The van der Waals surface area contributed by atoms with Gasteiger partial charge in [-0.05, 0) is 30.9 Å². The molecule has 1 aliphatic rings. The molecule has 0 saturated carbocycles. The summed E-state index contributed by atoms with van der Waals surface area (Å²) in [5.41, 5.74) is 0.581. The molecule has 116 valence electrons. The lowest BCUT2D eigenvalue weighted by Crippen LogP contribution is -2.36. The zero-order valence-electron chi connectivity index (χ0n) is 12.7. The molecular formula is C15H22N2O4. The highest BCUT2D eigenvalue weighted by Crippen LogP contribution is 2.31. The van der Waals surface area contributed by atoms with Crippen molar-refractivity contribution in [1.82, 2.24) is 0 Å². The maximum Gasteiger partial charge on any atom is 0.296 e. The summed E-state index contributed by atoms with van der Waals surface area (Å²) in [7, 11) is 1.50. The Labute approximate surface area is 124 Å². The maximum atomic E-state index is 11.2. The highest BCUT2D eigenvalue weighted by atomic mass is 16.6. The number of rotatable bonds is 5. The summed E-state index contributed by atoms with van der Waals surface area (Å²) >= 11 is 0. The summed E-state index contributed by atoms with van der Waals surface area (Å²) in [5.74, 6) is 0.930. The van der Waals surface area contributed by atoms with Crippen LogP contribution in [0.1, 0.15) is 26.7 Å². The van der Waals surface area contributed by atoms with Crippen molar-refractivity contribution in [3.63, 3.8) is 0 Å². The predicted molar refractivity (Wildman–Crippen MR) is 80.9 cm³/mol. The molecule has 1 aromatic carbocycles. The average Bonchev–Trinajstić information content (AvgIpc) is 2.47. The van der Waals surface area contributed by atoms with Crippen LogP contribution in [-0.4, -0.2) is 30.8 Å². The molecular weight excluding hydrogens is 272 g/mol. The van der Waals surface area contributed by atoms with Gasteiger partial charge in [0, 0.05) is 12.6 Å². The minimum absolute atomic E-state index is 0.0435. The Hall–Kier alpha value is -1.82. The first-order chi connectivity index (χ1) is 10.0. The van der Waals surface area contributed by atoms with E-state index in [1.807, 2.05) is 0 Å². The first-order valence-electron chi connectivity index (χ1n) is 7.21. The van der Waals surface area contributed by atoms with E-state index in [-0.39, 0.29) is 22.8 Å². The van der Waals surface area contributed by atoms with E-state index < -0.39 is 0 Å². The lowest BCUT2D eigenvalue weighted by molar-refractivity contribution is -0.384. The van der Waals surface area contributed by atoms with Crippen LogP contribution in [0.25, 0.3) is 0 Å². The number of nitrogens with zero attached hydrogens (tertiary/aromatic N) is 1. The van der Waals surface area contributed by atoms with E-state index in [1.54, 1.807) is 12.1 Å². The molecule has 1 aliphatic heterocycles. The fraction of sp³-hybridized carbons (Fsp3) is 0.600.